The van der Waals surface area contributed by atoms with Gasteiger partial charge in [0.25, 0.3) is 0 Å². The van der Waals surface area contributed by atoms with E-state index < -0.39 is 0 Å². The van der Waals surface area contributed by atoms with Crippen LogP contribution in [0.4, 0.5) is 0 Å². The predicted octanol–water partition coefficient (Wildman–Crippen LogP) is 5.62. The minimum atomic E-state index is 0.220. The summed E-state index contributed by atoms with van der Waals surface area (Å²) in [5.41, 5.74) is 6.93. The molecule has 0 radical (unpaired) electrons. The summed E-state index contributed by atoms with van der Waals surface area (Å²) < 4.78 is 2.30. The van der Waals surface area contributed by atoms with Gasteiger partial charge in [-0.3, -0.25) is 4.90 Å². The third-order valence-electron chi connectivity index (χ3n) is 6.34. The fraction of sp³-hybridized carbons (Fsp3) is 0.444. The second-order valence-corrected chi connectivity index (χ2v) is 10.00. The Morgan fingerprint density at radius 3 is 2.37 bits per heavy atom. The van der Waals surface area contributed by atoms with Gasteiger partial charge < -0.3 is 4.57 Å². The molecule has 1 unspecified atom stereocenters. The van der Waals surface area contributed by atoms with Crippen molar-refractivity contribution in [3.8, 4) is 11.4 Å². The molecule has 2 aromatic carbocycles. The van der Waals surface area contributed by atoms with E-state index in [2.05, 4.69) is 98.8 Å². The Balaban J connectivity index is 1.40. The van der Waals surface area contributed by atoms with E-state index in [9.17, 15) is 0 Å². The second kappa shape index (κ2) is 8.39. The van der Waals surface area contributed by atoms with Crippen LogP contribution in [0.15, 0.2) is 54.6 Å². The Kier molecular flexibility index (Phi) is 5.84. The van der Waals surface area contributed by atoms with E-state index in [0.29, 0.717) is 5.92 Å². The van der Waals surface area contributed by atoms with Crippen molar-refractivity contribution in [3.05, 3.63) is 77.1 Å². The summed E-state index contributed by atoms with van der Waals surface area (Å²) in [7, 11) is 2.16. The fourth-order valence-corrected chi connectivity index (χ4v) is 4.59. The zero-order valence-electron chi connectivity index (χ0n) is 19.2. The number of fused-ring (bicyclic) bond motifs is 1. The van der Waals surface area contributed by atoms with Crippen molar-refractivity contribution in [2.75, 3.05) is 13.1 Å². The normalized spacial score (nSPS) is 15.8. The maximum atomic E-state index is 4.97. The molecule has 0 spiro atoms. The summed E-state index contributed by atoms with van der Waals surface area (Å²) >= 11 is 0. The van der Waals surface area contributed by atoms with E-state index in [0.717, 1.165) is 38.3 Å². The van der Waals surface area contributed by atoms with Crippen LogP contribution in [0.2, 0.25) is 0 Å². The average molecular weight is 402 g/mol. The van der Waals surface area contributed by atoms with Crippen molar-refractivity contribution < 1.29 is 0 Å². The highest BCUT2D eigenvalue weighted by Gasteiger charge is 2.24. The van der Waals surface area contributed by atoms with Gasteiger partial charge in [-0.15, -0.1) is 0 Å². The van der Waals surface area contributed by atoms with Gasteiger partial charge in [0.05, 0.1) is 11.4 Å². The monoisotopic (exact) mass is 401 g/mol. The number of imidazole rings is 1. The highest BCUT2D eigenvalue weighted by atomic mass is 15.2. The average Bonchev–Trinajstić information content (AvgIpc) is 3.04. The summed E-state index contributed by atoms with van der Waals surface area (Å²) in [5, 5.41) is 0. The van der Waals surface area contributed by atoms with Gasteiger partial charge in [0.1, 0.15) is 5.82 Å². The topological polar surface area (TPSA) is 21.1 Å². The molecule has 4 rings (SSSR count). The molecule has 0 saturated heterocycles. The smallest absolute Gasteiger partial charge is 0.140 e. The van der Waals surface area contributed by atoms with E-state index >= 15 is 0 Å². The Hall–Kier alpha value is -2.39. The van der Waals surface area contributed by atoms with Crippen LogP contribution in [0.3, 0.4) is 0 Å². The molecule has 1 aliphatic heterocycles. The van der Waals surface area contributed by atoms with Gasteiger partial charge in [-0.25, -0.2) is 4.98 Å². The molecule has 1 aliphatic rings. The molecule has 3 aromatic rings. The highest BCUT2D eigenvalue weighted by molar-refractivity contribution is 5.56. The molecule has 0 saturated carbocycles. The molecule has 2 heterocycles. The lowest BCUT2D eigenvalue weighted by atomic mass is 9.86. The van der Waals surface area contributed by atoms with E-state index in [4.69, 9.17) is 4.98 Å². The third-order valence-corrected chi connectivity index (χ3v) is 6.34. The molecule has 0 amide bonds. The molecule has 1 aromatic heterocycles. The van der Waals surface area contributed by atoms with Crippen molar-refractivity contribution >= 4 is 0 Å². The van der Waals surface area contributed by atoms with Crippen molar-refractivity contribution in [1.82, 2.24) is 14.5 Å². The first kappa shape index (κ1) is 20.9. The first-order chi connectivity index (χ1) is 14.3. The van der Waals surface area contributed by atoms with Crippen molar-refractivity contribution in [3.63, 3.8) is 0 Å². The molecule has 0 bridgehead atoms. The number of benzene rings is 2. The van der Waals surface area contributed by atoms with Gasteiger partial charge in [0.2, 0.25) is 0 Å². The molecule has 1 atom stereocenters. The number of hydrogen-bond acceptors (Lipinski definition) is 2. The van der Waals surface area contributed by atoms with Crippen LogP contribution in [0.25, 0.3) is 11.4 Å². The van der Waals surface area contributed by atoms with Gasteiger partial charge in [0.15, 0.2) is 0 Å². The highest BCUT2D eigenvalue weighted by Crippen LogP contribution is 2.27. The van der Waals surface area contributed by atoms with E-state index in [1.807, 2.05) is 0 Å². The van der Waals surface area contributed by atoms with Crippen LogP contribution >= 0.6 is 0 Å². The number of aromatic nitrogens is 2. The van der Waals surface area contributed by atoms with Crippen molar-refractivity contribution in [2.45, 2.75) is 52.5 Å². The summed E-state index contributed by atoms with van der Waals surface area (Å²) in [6.45, 7) is 12.4. The Morgan fingerprint density at radius 1 is 1.00 bits per heavy atom. The van der Waals surface area contributed by atoms with E-state index in [1.165, 1.54) is 28.1 Å². The maximum Gasteiger partial charge on any atom is 0.140 e. The minimum absolute atomic E-state index is 0.220. The molecule has 158 valence electrons. The third kappa shape index (κ3) is 4.52. The lowest BCUT2D eigenvalue weighted by Gasteiger charge is -2.29. The molecule has 3 heteroatoms. The SMILES string of the molecule is CC(Cc1ccc(C(C)(C)C)cc1)CN1CCc2nc(-c3ccccc3)n(C)c2C1. The molecule has 0 aliphatic carbocycles. The van der Waals surface area contributed by atoms with E-state index in [-0.39, 0.29) is 5.41 Å². The Bertz CT molecular complexity index is 977. The van der Waals surface area contributed by atoms with Crippen LogP contribution < -0.4 is 0 Å². The standard InChI is InChI=1S/C27H35N3/c1-20(17-21-11-13-23(14-12-21)27(2,3)4)18-30-16-15-24-25(19-30)29(5)26(28-24)22-9-7-6-8-10-22/h6-14,20H,15-19H2,1-5H3. The number of nitrogens with zero attached hydrogens (tertiary/aromatic N) is 3. The summed E-state index contributed by atoms with van der Waals surface area (Å²) in [5.74, 6) is 1.73. The minimum Gasteiger partial charge on any atom is -0.330 e. The van der Waals surface area contributed by atoms with Crippen LogP contribution in [-0.4, -0.2) is 27.5 Å². The molecule has 0 fully saturated rings. The Labute approximate surface area is 181 Å². The van der Waals surface area contributed by atoms with Gasteiger partial charge >= 0.3 is 0 Å². The van der Waals surface area contributed by atoms with E-state index in [1.54, 1.807) is 0 Å². The van der Waals surface area contributed by atoms with Crippen LogP contribution in [0.5, 0.6) is 0 Å². The van der Waals surface area contributed by atoms with Crippen LogP contribution in [0.1, 0.15) is 50.2 Å². The fourth-order valence-electron chi connectivity index (χ4n) is 4.59. The van der Waals surface area contributed by atoms with Gasteiger partial charge in [0, 0.05) is 38.7 Å². The maximum absolute atomic E-state index is 4.97. The second-order valence-electron chi connectivity index (χ2n) is 10.00. The zero-order chi connectivity index (χ0) is 21.3. The quantitative estimate of drug-likeness (QED) is 0.553. The lowest BCUT2D eigenvalue weighted by molar-refractivity contribution is 0.213. The molecular weight excluding hydrogens is 366 g/mol. The molecule has 3 nitrogen and oxygen atoms in total. The summed E-state index contributed by atoms with van der Waals surface area (Å²) in [6.07, 6.45) is 2.18. The lowest BCUT2D eigenvalue weighted by Crippen LogP contribution is -2.35. The van der Waals surface area contributed by atoms with Crippen LogP contribution in [0, 0.1) is 5.92 Å². The zero-order valence-corrected chi connectivity index (χ0v) is 19.2. The Morgan fingerprint density at radius 2 is 1.70 bits per heavy atom. The summed E-state index contributed by atoms with van der Waals surface area (Å²) in [6, 6.07) is 19.8. The van der Waals surface area contributed by atoms with Crippen molar-refractivity contribution in [2.24, 2.45) is 13.0 Å². The van der Waals surface area contributed by atoms with Gasteiger partial charge in [-0.05, 0) is 28.9 Å². The van der Waals surface area contributed by atoms with Gasteiger partial charge in [-0.2, -0.15) is 0 Å². The summed E-state index contributed by atoms with van der Waals surface area (Å²) in [4.78, 5) is 7.57. The number of rotatable bonds is 5. The predicted molar refractivity (Wildman–Crippen MR) is 126 cm³/mol. The molecule has 0 N–H and O–H groups in total. The first-order valence-corrected chi connectivity index (χ1v) is 11.2. The first-order valence-electron chi connectivity index (χ1n) is 11.2. The molecule has 30 heavy (non-hydrogen) atoms. The van der Waals surface area contributed by atoms with Crippen LogP contribution in [-0.2, 0) is 31.8 Å². The van der Waals surface area contributed by atoms with Crippen molar-refractivity contribution in [1.29, 1.82) is 0 Å². The van der Waals surface area contributed by atoms with Gasteiger partial charge in [-0.1, -0.05) is 82.3 Å². The number of hydrogen-bond donors (Lipinski definition) is 0. The largest absolute Gasteiger partial charge is 0.330 e. The molecular formula is C27H35N3.